The third kappa shape index (κ3) is 10.0. The molecule has 9 heteroatoms. The van der Waals surface area contributed by atoms with Crippen molar-refractivity contribution in [2.75, 3.05) is 19.9 Å². The number of carbonyl (C=O) groups is 1. The van der Waals surface area contributed by atoms with Gasteiger partial charge in [0.25, 0.3) is 0 Å². The zero-order chi connectivity index (χ0) is 16.5. The van der Waals surface area contributed by atoms with Crippen molar-refractivity contribution >= 4 is 14.9 Å². The highest BCUT2D eigenvalue weighted by Crippen LogP contribution is 2.17. The van der Waals surface area contributed by atoms with Crippen LogP contribution in [0, 0.1) is 0 Å². The zero-order valence-corrected chi connectivity index (χ0v) is 13.8. The summed E-state index contributed by atoms with van der Waals surface area (Å²) in [6.07, 6.45) is -4.53. The highest BCUT2D eigenvalue weighted by Gasteiger charge is 2.38. The first-order chi connectivity index (χ1) is 9.66. The van der Waals surface area contributed by atoms with Crippen LogP contribution in [0.2, 0.25) is 0 Å². The van der Waals surface area contributed by atoms with Crippen LogP contribution in [0.4, 0.5) is 13.2 Å². The minimum Gasteiger partial charge on any atom is -0.348 e. The van der Waals surface area contributed by atoms with Crippen molar-refractivity contribution in [3.05, 3.63) is 0 Å². The van der Waals surface area contributed by atoms with Crippen LogP contribution in [0.5, 0.6) is 0 Å². The van der Waals surface area contributed by atoms with E-state index in [1.165, 1.54) is 0 Å². The van der Waals surface area contributed by atoms with Crippen molar-refractivity contribution in [3.63, 3.8) is 0 Å². The lowest BCUT2D eigenvalue weighted by Crippen LogP contribution is -2.38. The van der Waals surface area contributed by atoms with Gasteiger partial charge in [0.2, 0.25) is 0 Å². The van der Waals surface area contributed by atoms with Crippen LogP contribution < -0.4 is 5.32 Å². The van der Waals surface area contributed by atoms with Gasteiger partial charge in [-0.05, 0) is 34.1 Å². The molecule has 0 saturated heterocycles. The lowest BCUT2D eigenvalue weighted by Gasteiger charge is -2.29. The summed E-state index contributed by atoms with van der Waals surface area (Å²) in [4.78, 5) is 12.6. The van der Waals surface area contributed by atoms with Crippen LogP contribution in [0.15, 0.2) is 0 Å². The molecule has 0 aliphatic rings. The molecule has 0 radical (unpaired) electrons. The minimum absolute atomic E-state index is 0.0765. The Morgan fingerprint density at radius 3 is 2.24 bits per heavy atom. The predicted octanol–water partition coefficient (Wildman–Crippen LogP) is 2.67. The van der Waals surface area contributed by atoms with Crippen molar-refractivity contribution < 1.29 is 27.0 Å². The maximum absolute atomic E-state index is 11.9. The van der Waals surface area contributed by atoms with Crippen LogP contribution in [0.3, 0.4) is 0 Å². The van der Waals surface area contributed by atoms with E-state index in [1.807, 2.05) is 0 Å². The number of nitrogens with one attached hydrogen (secondary N) is 1. The van der Waals surface area contributed by atoms with Gasteiger partial charge in [0.05, 0.1) is 6.61 Å². The van der Waals surface area contributed by atoms with E-state index in [4.69, 9.17) is 9.05 Å². The van der Waals surface area contributed by atoms with Crippen molar-refractivity contribution in [3.8, 4) is 0 Å². The van der Waals surface area contributed by atoms with Gasteiger partial charge in [0.1, 0.15) is 6.73 Å². The Balaban J connectivity index is 3.55. The number of hydrogen-bond acceptors (Lipinski definition) is 4. The standard InChI is InChI=1S/C12H24F3N2O3P/c1-9(2)17(10(3)4)8-20-21-19-7-5-6-16-11(18)12(13,14)15/h9-10,21H,5-8H2,1-4H3,(H,16,18). The van der Waals surface area contributed by atoms with Crippen molar-refractivity contribution in [2.45, 2.75) is 52.4 Å². The molecule has 126 valence electrons. The van der Waals surface area contributed by atoms with E-state index in [0.29, 0.717) is 25.2 Å². The summed E-state index contributed by atoms with van der Waals surface area (Å²) in [5.74, 6) is -1.93. The average Bonchev–Trinajstić information content (AvgIpc) is 2.34. The highest BCUT2D eigenvalue weighted by atomic mass is 31.1. The van der Waals surface area contributed by atoms with Crippen LogP contribution in [0.1, 0.15) is 34.1 Å². The molecule has 0 aromatic heterocycles. The maximum Gasteiger partial charge on any atom is 0.471 e. The van der Waals surface area contributed by atoms with Gasteiger partial charge >= 0.3 is 12.1 Å². The SMILES string of the molecule is CC(C)N(COPOCCCNC(=O)C(F)(F)F)C(C)C. The van der Waals surface area contributed by atoms with E-state index in [1.54, 1.807) is 5.32 Å². The molecule has 0 fully saturated rings. The molecule has 0 saturated carbocycles. The average molecular weight is 332 g/mol. The molecule has 1 unspecified atom stereocenters. The number of rotatable bonds is 10. The normalized spacial score (nSPS) is 13.0. The summed E-state index contributed by atoms with van der Waals surface area (Å²) in [5.41, 5.74) is 0. The number of hydrogen-bond donors (Lipinski definition) is 1. The fourth-order valence-electron chi connectivity index (χ4n) is 1.53. The number of amides is 1. The van der Waals surface area contributed by atoms with E-state index in [0.717, 1.165) is 0 Å². The van der Waals surface area contributed by atoms with Gasteiger partial charge in [-0.1, -0.05) is 0 Å². The molecule has 0 heterocycles. The maximum atomic E-state index is 11.9. The first-order valence-electron chi connectivity index (χ1n) is 6.75. The molecular weight excluding hydrogens is 308 g/mol. The number of halogens is 3. The number of nitrogens with zero attached hydrogens (tertiary/aromatic N) is 1. The molecule has 5 nitrogen and oxygen atoms in total. The quantitative estimate of drug-likeness (QED) is 0.380. The third-order valence-electron chi connectivity index (χ3n) is 2.62. The smallest absolute Gasteiger partial charge is 0.348 e. The van der Waals surface area contributed by atoms with Gasteiger partial charge < -0.3 is 14.4 Å². The minimum atomic E-state index is -4.83. The summed E-state index contributed by atoms with van der Waals surface area (Å²) >= 11 is 0. The molecule has 0 aliphatic heterocycles. The topological polar surface area (TPSA) is 50.8 Å². The molecule has 1 N–H and O–H groups in total. The Kier molecular flexibility index (Phi) is 10.1. The van der Waals surface area contributed by atoms with Crippen LogP contribution >= 0.6 is 9.03 Å². The molecule has 0 bridgehead atoms. The van der Waals surface area contributed by atoms with E-state index < -0.39 is 12.1 Å². The summed E-state index contributed by atoms with van der Waals surface area (Å²) in [6.45, 7) is 8.87. The van der Waals surface area contributed by atoms with Crippen LogP contribution in [0.25, 0.3) is 0 Å². The van der Waals surface area contributed by atoms with Gasteiger partial charge in [0.15, 0.2) is 9.03 Å². The van der Waals surface area contributed by atoms with Gasteiger partial charge in [0, 0.05) is 18.6 Å². The largest absolute Gasteiger partial charge is 0.471 e. The summed E-state index contributed by atoms with van der Waals surface area (Å²) in [6, 6.07) is 0.708. The monoisotopic (exact) mass is 332 g/mol. The van der Waals surface area contributed by atoms with Crippen molar-refractivity contribution in [1.82, 2.24) is 10.2 Å². The summed E-state index contributed by atoms with van der Waals surface area (Å²) in [7, 11) is -0.171. The van der Waals surface area contributed by atoms with Gasteiger partial charge in [-0.3, -0.25) is 9.69 Å². The fourth-order valence-corrected chi connectivity index (χ4v) is 2.04. The van der Waals surface area contributed by atoms with Crippen LogP contribution in [-0.4, -0.2) is 48.9 Å². The van der Waals surface area contributed by atoms with Gasteiger partial charge in [-0.25, -0.2) is 0 Å². The summed E-state index contributed by atoms with van der Waals surface area (Å²) in [5, 5.41) is 1.77. The molecule has 1 atom stereocenters. The Morgan fingerprint density at radius 1 is 1.19 bits per heavy atom. The first-order valence-corrected chi connectivity index (χ1v) is 7.57. The second-order valence-electron chi connectivity index (χ2n) is 5.01. The van der Waals surface area contributed by atoms with E-state index in [9.17, 15) is 18.0 Å². The summed E-state index contributed by atoms with van der Waals surface area (Å²) < 4.78 is 46.1. The van der Waals surface area contributed by atoms with Crippen molar-refractivity contribution in [2.24, 2.45) is 0 Å². The molecular formula is C12H24F3N2O3P. The Bertz CT molecular complexity index is 294. The van der Waals surface area contributed by atoms with E-state index in [2.05, 4.69) is 32.6 Å². The molecule has 21 heavy (non-hydrogen) atoms. The van der Waals surface area contributed by atoms with E-state index in [-0.39, 0.29) is 22.2 Å². The Labute approximate surface area is 125 Å². The Hall–Kier alpha value is -0.430. The number of alkyl halides is 3. The predicted molar refractivity (Wildman–Crippen MR) is 76.0 cm³/mol. The van der Waals surface area contributed by atoms with E-state index >= 15 is 0 Å². The van der Waals surface area contributed by atoms with Crippen LogP contribution in [-0.2, 0) is 13.8 Å². The highest BCUT2D eigenvalue weighted by molar-refractivity contribution is 7.26. The molecule has 0 aliphatic carbocycles. The van der Waals surface area contributed by atoms with Gasteiger partial charge in [-0.2, -0.15) is 13.2 Å². The number of carbonyl (C=O) groups excluding carboxylic acids is 1. The zero-order valence-electron chi connectivity index (χ0n) is 12.8. The lowest BCUT2D eigenvalue weighted by atomic mass is 10.2. The third-order valence-corrected chi connectivity index (χ3v) is 3.19. The first kappa shape index (κ1) is 20.6. The Morgan fingerprint density at radius 2 is 1.76 bits per heavy atom. The second kappa shape index (κ2) is 10.3. The molecule has 0 aromatic carbocycles. The fraction of sp³-hybridized carbons (Fsp3) is 0.917. The molecule has 1 amide bonds. The molecule has 0 aromatic rings. The van der Waals surface area contributed by atoms with Crippen molar-refractivity contribution in [1.29, 1.82) is 0 Å². The molecule has 0 rings (SSSR count). The second-order valence-corrected chi connectivity index (χ2v) is 5.76. The molecule has 0 spiro atoms. The lowest BCUT2D eigenvalue weighted by molar-refractivity contribution is -0.173. The van der Waals surface area contributed by atoms with Gasteiger partial charge in [-0.15, -0.1) is 0 Å².